The van der Waals surface area contributed by atoms with E-state index in [4.69, 9.17) is 4.74 Å². The summed E-state index contributed by atoms with van der Waals surface area (Å²) in [6.45, 7) is 4.34. The second kappa shape index (κ2) is 6.60. The van der Waals surface area contributed by atoms with Crippen molar-refractivity contribution in [2.75, 3.05) is 7.11 Å². The standard InChI is InChI=1S/C15H19NO3S2/c1-11(2)12-6-7-14(19-3)15(9-12)21(17,18)16-10-13-5-4-8-20-13/h4-9,11,16H,10H2,1-3H3. The summed E-state index contributed by atoms with van der Waals surface area (Å²) in [6.07, 6.45) is 0. The first-order valence-electron chi connectivity index (χ1n) is 6.64. The first-order chi connectivity index (χ1) is 9.94. The van der Waals surface area contributed by atoms with Crippen molar-refractivity contribution in [1.82, 2.24) is 4.72 Å². The van der Waals surface area contributed by atoms with Crippen LogP contribution < -0.4 is 9.46 Å². The van der Waals surface area contributed by atoms with Crippen LogP contribution in [0.5, 0.6) is 5.75 Å². The van der Waals surface area contributed by atoms with Crippen molar-refractivity contribution in [3.05, 3.63) is 46.2 Å². The van der Waals surface area contributed by atoms with Crippen molar-refractivity contribution in [1.29, 1.82) is 0 Å². The lowest BCUT2D eigenvalue weighted by molar-refractivity contribution is 0.402. The predicted molar refractivity (Wildman–Crippen MR) is 85.4 cm³/mol. The Kier molecular flexibility index (Phi) is 5.03. The van der Waals surface area contributed by atoms with Crippen molar-refractivity contribution >= 4 is 21.4 Å². The quantitative estimate of drug-likeness (QED) is 0.886. The first-order valence-corrected chi connectivity index (χ1v) is 9.00. The monoisotopic (exact) mass is 325 g/mol. The molecule has 0 fully saturated rings. The molecule has 0 saturated heterocycles. The second-order valence-electron chi connectivity index (χ2n) is 4.97. The van der Waals surface area contributed by atoms with Crippen molar-refractivity contribution in [3.8, 4) is 5.75 Å². The molecule has 0 aliphatic carbocycles. The van der Waals surface area contributed by atoms with Crippen LogP contribution >= 0.6 is 11.3 Å². The van der Waals surface area contributed by atoms with Crippen LogP contribution in [0.25, 0.3) is 0 Å². The zero-order chi connectivity index (χ0) is 15.5. The van der Waals surface area contributed by atoms with Gasteiger partial charge in [-0.1, -0.05) is 26.0 Å². The fraction of sp³-hybridized carbons (Fsp3) is 0.333. The van der Waals surface area contributed by atoms with Crippen LogP contribution in [-0.4, -0.2) is 15.5 Å². The van der Waals surface area contributed by atoms with Gasteiger partial charge in [0.25, 0.3) is 0 Å². The lowest BCUT2D eigenvalue weighted by Crippen LogP contribution is -2.23. The molecule has 2 aromatic rings. The number of thiophene rings is 1. The van der Waals surface area contributed by atoms with E-state index in [9.17, 15) is 8.42 Å². The van der Waals surface area contributed by atoms with Crippen LogP contribution in [0, 0.1) is 0 Å². The highest BCUT2D eigenvalue weighted by Gasteiger charge is 2.20. The number of hydrogen-bond acceptors (Lipinski definition) is 4. The molecule has 0 aliphatic rings. The lowest BCUT2D eigenvalue weighted by Gasteiger charge is -2.13. The number of rotatable bonds is 6. The van der Waals surface area contributed by atoms with Gasteiger partial charge in [0.2, 0.25) is 10.0 Å². The molecule has 1 N–H and O–H groups in total. The maximum atomic E-state index is 12.5. The van der Waals surface area contributed by atoms with Gasteiger partial charge in [0.05, 0.1) is 7.11 Å². The number of methoxy groups -OCH3 is 1. The molecule has 2 rings (SSSR count). The number of hydrogen-bond donors (Lipinski definition) is 1. The average Bonchev–Trinajstić information content (AvgIpc) is 2.98. The molecule has 0 saturated carbocycles. The molecule has 1 aromatic heterocycles. The topological polar surface area (TPSA) is 55.4 Å². The van der Waals surface area contributed by atoms with E-state index in [-0.39, 0.29) is 17.4 Å². The summed E-state index contributed by atoms with van der Waals surface area (Å²) in [7, 11) is -2.13. The van der Waals surface area contributed by atoms with Crippen molar-refractivity contribution < 1.29 is 13.2 Å². The lowest BCUT2D eigenvalue weighted by atomic mass is 10.0. The molecular weight excluding hydrogens is 306 g/mol. The minimum Gasteiger partial charge on any atom is -0.495 e. The zero-order valence-corrected chi connectivity index (χ0v) is 13.9. The van der Waals surface area contributed by atoms with Gasteiger partial charge in [-0.05, 0) is 35.1 Å². The number of benzene rings is 1. The maximum Gasteiger partial charge on any atom is 0.244 e. The van der Waals surface area contributed by atoms with Crippen molar-refractivity contribution in [2.24, 2.45) is 0 Å². The van der Waals surface area contributed by atoms with E-state index in [0.717, 1.165) is 10.4 Å². The summed E-state index contributed by atoms with van der Waals surface area (Å²) >= 11 is 1.52. The molecule has 0 radical (unpaired) electrons. The van der Waals surface area contributed by atoms with Gasteiger partial charge < -0.3 is 4.74 Å². The van der Waals surface area contributed by atoms with Crippen LogP contribution in [0.15, 0.2) is 40.6 Å². The highest BCUT2D eigenvalue weighted by atomic mass is 32.2. The van der Waals surface area contributed by atoms with Gasteiger partial charge in [0, 0.05) is 11.4 Å². The first kappa shape index (κ1) is 16.0. The van der Waals surface area contributed by atoms with Crippen LogP contribution in [-0.2, 0) is 16.6 Å². The molecule has 0 amide bonds. The van der Waals surface area contributed by atoms with Crippen molar-refractivity contribution in [2.45, 2.75) is 31.2 Å². The summed E-state index contributed by atoms with van der Waals surface area (Å²) in [5.74, 6) is 0.611. The Morgan fingerprint density at radius 1 is 1.29 bits per heavy atom. The average molecular weight is 325 g/mol. The van der Waals surface area contributed by atoms with Crippen LogP contribution in [0.2, 0.25) is 0 Å². The molecule has 0 bridgehead atoms. The van der Waals surface area contributed by atoms with E-state index in [1.807, 2.05) is 37.4 Å². The van der Waals surface area contributed by atoms with E-state index in [1.165, 1.54) is 18.4 Å². The summed E-state index contributed by atoms with van der Waals surface area (Å²) in [4.78, 5) is 1.16. The molecule has 0 unspecified atom stereocenters. The van der Waals surface area contributed by atoms with Gasteiger partial charge in [-0.25, -0.2) is 13.1 Å². The van der Waals surface area contributed by atoms with E-state index < -0.39 is 10.0 Å². The third kappa shape index (κ3) is 3.84. The Hall–Kier alpha value is -1.37. The van der Waals surface area contributed by atoms with Gasteiger partial charge in [0.1, 0.15) is 10.6 Å². The number of sulfonamides is 1. The van der Waals surface area contributed by atoms with Gasteiger partial charge in [-0.15, -0.1) is 11.3 Å². The molecule has 114 valence electrons. The predicted octanol–water partition coefficient (Wildman–Crippen LogP) is 3.36. The third-order valence-corrected chi connectivity index (χ3v) is 5.46. The zero-order valence-electron chi connectivity index (χ0n) is 12.3. The summed E-state index contributed by atoms with van der Waals surface area (Å²) < 4.78 is 32.8. The molecule has 6 heteroatoms. The van der Waals surface area contributed by atoms with E-state index in [0.29, 0.717) is 5.75 Å². The summed E-state index contributed by atoms with van der Waals surface area (Å²) in [5, 5.41) is 1.92. The minimum absolute atomic E-state index is 0.188. The molecule has 0 aliphatic heterocycles. The van der Waals surface area contributed by atoms with Crippen LogP contribution in [0.1, 0.15) is 30.2 Å². The van der Waals surface area contributed by atoms with E-state index in [2.05, 4.69) is 4.72 Å². The Morgan fingerprint density at radius 3 is 2.62 bits per heavy atom. The number of nitrogens with one attached hydrogen (secondary N) is 1. The minimum atomic E-state index is -3.60. The maximum absolute atomic E-state index is 12.5. The molecule has 0 spiro atoms. The fourth-order valence-electron chi connectivity index (χ4n) is 1.92. The van der Waals surface area contributed by atoms with Gasteiger partial charge in [-0.2, -0.15) is 0 Å². The highest BCUT2D eigenvalue weighted by molar-refractivity contribution is 7.89. The molecule has 0 atom stereocenters. The van der Waals surface area contributed by atoms with Crippen molar-refractivity contribution in [3.63, 3.8) is 0 Å². The Morgan fingerprint density at radius 2 is 2.05 bits per heavy atom. The van der Waals surface area contributed by atoms with Crippen LogP contribution in [0.4, 0.5) is 0 Å². The van der Waals surface area contributed by atoms with E-state index >= 15 is 0 Å². The SMILES string of the molecule is COc1ccc(C(C)C)cc1S(=O)(=O)NCc1cccs1. The Bertz CT molecular complexity index is 692. The number of ether oxygens (including phenoxy) is 1. The third-order valence-electron chi connectivity index (χ3n) is 3.16. The van der Waals surface area contributed by atoms with Gasteiger partial charge >= 0.3 is 0 Å². The Labute approximate surface area is 129 Å². The molecule has 4 nitrogen and oxygen atoms in total. The van der Waals surface area contributed by atoms with Crippen LogP contribution in [0.3, 0.4) is 0 Å². The van der Waals surface area contributed by atoms with E-state index in [1.54, 1.807) is 12.1 Å². The molecule has 1 aromatic carbocycles. The fourth-order valence-corrected chi connectivity index (χ4v) is 3.86. The molecular formula is C15H19NO3S2. The van der Waals surface area contributed by atoms with Gasteiger partial charge in [0.15, 0.2) is 0 Å². The highest BCUT2D eigenvalue weighted by Crippen LogP contribution is 2.28. The molecule has 21 heavy (non-hydrogen) atoms. The van der Waals surface area contributed by atoms with Gasteiger partial charge in [-0.3, -0.25) is 0 Å². The Balaban J connectivity index is 2.31. The molecule has 1 heterocycles. The second-order valence-corrected chi connectivity index (χ2v) is 7.74. The normalized spacial score (nSPS) is 11.8. The largest absolute Gasteiger partial charge is 0.495 e. The summed E-state index contributed by atoms with van der Waals surface area (Å²) in [6, 6.07) is 9.07. The smallest absolute Gasteiger partial charge is 0.244 e. The summed E-state index contributed by atoms with van der Waals surface area (Å²) in [5.41, 5.74) is 0.965.